The van der Waals surface area contributed by atoms with E-state index in [1.807, 2.05) is 30.3 Å². The van der Waals surface area contributed by atoms with E-state index in [2.05, 4.69) is 0 Å². The minimum atomic E-state index is -4.95. The van der Waals surface area contributed by atoms with Gasteiger partial charge in [0.2, 0.25) is 0 Å². The maximum Gasteiger partial charge on any atom is 0.416 e. The Kier molecular flexibility index (Phi) is 7.73. The number of nitrogens with zero attached hydrogens (tertiary/aromatic N) is 1. The number of amides is 1. The first kappa shape index (κ1) is 27.5. The molecule has 0 saturated carbocycles. The molecule has 1 aliphatic rings. The zero-order valence-electron chi connectivity index (χ0n) is 20.4. The van der Waals surface area contributed by atoms with Crippen molar-refractivity contribution in [3.63, 3.8) is 0 Å². The summed E-state index contributed by atoms with van der Waals surface area (Å²) in [6.07, 6.45) is -11.2. The van der Waals surface area contributed by atoms with E-state index in [0.29, 0.717) is 36.3 Å². The molecule has 0 unspecified atom stereocenters. The van der Waals surface area contributed by atoms with E-state index < -0.39 is 35.7 Å². The van der Waals surface area contributed by atoms with Gasteiger partial charge in [-0.3, -0.25) is 4.79 Å². The van der Waals surface area contributed by atoms with Gasteiger partial charge in [0.05, 0.1) is 23.3 Å². The van der Waals surface area contributed by atoms with Gasteiger partial charge in [-0.2, -0.15) is 26.3 Å². The van der Waals surface area contributed by atoms with Crippen LogP contribution in [-0.2, 0) is 17.1 Å². The number of anilines is 1. The van der Waals surface area contributed by atoms with E-state index in [4.69, 9.17) is 10.5 Å². The molecule has 1 saturated heterocycles. The zero-order chi connectivity index (χ0) is 27.7. The quantitative estimate of drug-likeness (QED) is 0.280. The largest absolute Gasteiger partial charge is 0.416 e. The number of nitrogens with two attached hydrogens (primary N) is 1. The van der Waals surface area contributed by atoms with E-state index in [9.17, 15) is 31.1 Å². The number of alkyl halides is 6. The molecule has 0 aliphatic carbocycles. The topological polar surface area (TPSA) is 55.6 Å². The van der Waals surface area contributed by atoms with E-state index >= 15 is 0 Å². The number of likely N-dealkylation sites (tertiary alicyclic amines) is 1. The van der Waals surface area contributed by atoms with Crippen molar-refractivity contribution in [3.8, 4) is 0 Å². The maximum atomic E-state index is 13.4. The summed E-state index contributed by atoms with van der Waals surface area (Å²) in [7, 11) is 0. The first-order valence-electron chi connectivity index (χ1n) is 12.0. The van der Waals surface area contributed by atoms with Gasteiger partial charge in [-0.05, 0) is 66.9 Å². The van der Waals surface area contributed by atoms with Crippen LogP contribution in [0.3, 0.4) is 0 Å². The summed E-state index contributed by atoms with van der Waals surface area (Å²) >= 11 is 0. The molecular formula is C28H26F6N2O2. The van der Waals surface area contributed by atoms with Gasteiger partial charge in [0.25, 0.3) is 5.91 Å². The number of hydrogen-bond acceptors (Lipinski definition) is 3. The first-order valence-corrected chi connectivity index (χ1v) is 12.0. The Labute approximate surface area is 216 Å². The lowest BCUT2D eigenvalue weighted by Crippen LogP contribution is -2.46. The third-order valence-electron chi connectivity index (χ3n) is 6.68. The highest BCUT2D eigenvalue weighted by molar-refractivity contribution is 5.94. The highest BCUT2D eigenvalue weighted by atomic mass is 19.4. The van der Waals surface area contributed by atoms with Crippen LogP contribution in [0.1, 0.15) is 58.0 Å². The number of piperidine rings is 1. The van der Waals surface area contributed by atoms with Gasteiger partial charge in [0, 0.05) is 30.3 Å². The number of hydrogen-bond donors (Lipinski definition) is 1. The van der Waals surface area contributed by atoms with Gasteiger partial charge < -0.3 is 15.4 Å². The molecular weight excluding hydrogens is 510 g/mol. The number of rotatable bonds is 5. The second-order valence-electron chi connectivity index (χ2n) is 9.34. The molecule has 3 aromatic carbocycles. The predicted molar refractivity (Wildman–Crippen MR) is 130 cm³/mol. The highest BCUT2D eigenvalue weighted by Crippen LogP contribution is 2.39. The molecule has 0 bridgehead atoms. The summed E-state index contributed by atoms with van der Waals surface area (Å²) in [6, 6.07) is 17.2. The summed E-state index contributed by atoms with van der Waals surface area (Å²) in [4.78, 5) is 14.8. The number of halogens is 6. The molecule has 1 heterocycles. The molecule has 3 atom stereocenters. The molecule has 10 heteroatoms. The van der Waals surface area contributed by atoms with Crippen LogP contribution in [0.2, 0.25) is 0 Å². The van der Waals surface area contributed by atoms with Gasteiger partial charge in [0.15, 0.2) is 0 Å². The van der Waals surface area contributed by atoms with Crippen LogP contribution >= 0.6 is 0 Å². The van der Waals surface area contributed by atoms with Crippen LogP contribution in [0, 0.1) is 0 Å². The lowest BCUT2D eigenvalue weighted by atomic mass is 9.87. The number of carbonyl (C=O) groups is 1. The standard InChI is InChI=1S/C28H26F6N2O2/c1-17(20-13-21(27(29,30)31)15-22(14-20)28(32,33)34)38-25-11-12-36(16-24(25)18-5-3-2-4-6-18)26(37)19-7-9-23(35)10-8-19/h2-10,13-15,17,24-25H,11-12,16,35H2,1H3/t17-,24+,25+/m1/s1. The third-order valence-corrected chi connectivity index (χ3v) is 6.68. The normalized spacial score (nSPS) is 19.3. The average Bonchev–Trinajstić information content (AvgIpc) is 2.88. The van der Waals surface area contributed by atoms with Crippen LogP contribution in [0.25, 0.3) is 0 Å². The fraction of sp³-hybridized carbons (Fsp3) is 0.321. The molecule has 0 aromatic heterocycles. The summed E-state index contributed by atoms with van der Waals surface area (Å²) in [6.45, 7) is 2.00. The molecule has 1 amide bonds. The summed E-state index contributed by atoms with van der Waals surface area (Å²) in [5.74, 6) is -0.553. The third kappa shape index (κ3) is 6.30. The molecule has 2 N–H and O–H groups in total. The zero-order valence-corrected chi connectivity index (χ0v) is 20.4. The number of benzene rings is 3. The van der Waals surface area contributed by atoms with Crippen molar-refractivity contribution in [2.24, 2.45) is 0 Å². The molecule has 38 heavy (non-hydrogen) atoms. The second-order valence-corrected chi connectivity index (χ2v) is 9.34. The van der Waals surface area contributed by atoms with E-state index in [1.165, 1.54) is 6.92 Å². The van der Waals surface area contributed by atoms with Gasteiger partial charge in [-0.1, -0.05) is 30.3 Å². The van der Waals surface area contributed by atoms with Crippen LogP contribution < -0.4 is 5.73 Å². The SMILES string of the molecule is C[C@@H](O[C@H]1CCN(C(=O)c2ccc(N)cc2)C[C@H]1c1ccccc1)c1cc(C(F)(F)F)cc(C(F)(F)F)c1. The molecule has 4 nitrogen and oxygen atoms in total. The van der Waals surface area contributed by atoms with Crippen molar-refractivity contribution in [1.82, 2.24) is 4.90 Å². The molecule has 3 aromatic rings. The Bertz CT molecular complexity index is 1230. The lowest BCUT2D eigenvalue weighted by Gasteiger charge is -2.40. The van der Waals surface area contributed by atoms with Crippen molar-refractivity contribution in [1.29, 1.82) is 0 Å². The van der Waals surface area contributed by atoms with Crippen molar-refractivity contribution in [3.05, 3.63) is 101 Å². The Morgan fingerprint density at radius 2 is 1.50 bits per heavy atom. The number of nitrogen functional groups attached to an aromatic ring is 1. The molecule has 1 fully saturated rings. The molecule has 0 spiro atoms. The fourth-order valence-corrected chi connectivity index (χ4v) is 4.66. The lowest BCUT2D eigenvalue weighted by molar-refractivity contribution is -0.143. The fourth-order valence-electron chi connectivity index (χ4n) is 4.66. The number of ether oxygens (including phenoxy) is 1. The highest BCUT2D eigenvalue weighted by Gasteiger charge is 2.39. The Hall–Kier alpha value is -3.53. The van der Waals surface area contributed by atoms with Crippen molar-refractivity contribution in [2.75, 3.05) is 18.8 Å². The molecule has 202 valence electrons. The van der Waals surface area contributed by atoms with Gasteiger partial charge in [-0.25, -0.2) is 0 Å². The minimum absolute atomic E-state index is 0.101. The smallest absolute Gasteiger partial charge is 0.399 e. The molecule has 1 aliphatic heterocycles. The Morgan fingerprint density at radius 3 is 2.05 bits per heavy atom. The first-order chi connectivity index (χ1) is 17.8. The average molecular weight is 537 g/mol. The minimum Gasteiger partial charge on any atom is -0.399 e. The maximum absolute atomic E-state index is 13.4. The Morgan fingerprint density at radius 1 is 0.921 bits per heavy atom. The van der Waals surface area contributed by atoms with Gasteiger partial charge >= 0.3 is 12.4 Å². The summed E-state index contributed by atoms with van der Waals surface area (Å²) < 4.78 is 86.4. The molecule has 4 rings (SSSR count). The van der Waals surface area contributed by atoms with Crippen LogP contribution in [0.5, 0.6) is 0 Å². The second kappa shape index (κ2) is 10.7. The van der Waals surface area contributed by atoms with Crippen molar-refractivity contribution < 1.29 is 35.9 Å². The van der Waals surface area contributed by atoms with Crippen molar-refractivity contribution in [2.45, 2.75) is 43.8 Å². The van der Waals surface area contributed by atoms with Gasteiger partial charge in [-0.15, -0.1) is 0 Å². The van der Waals surface area contributed by atoms with Crippen LogP contribution in [0.4, 0.5) is 32.0 Å². The van der Waals surface area contributed by atoms with E-state index in [0.717, 1.165) is 5.56 Å². The monoisotopic (exact) mass is 536 g/mol. The van der Waals surface area contributed by atoms with E-state index in [1.54, 1.807) is 29.2 Å². The summed E-state index contributed by atoms with van der Waals surface area (Å²) in [5.41, 5.74) is 4.55. The van der Waals surface area contributed by atoms with Crippen LogP contribution in [-0.4, -0.2) is 30.0 Å². The Balaban J connectivity index is 1.60. The van der Waals surface area contributed by atoms with Crippen LogP contribution in [0.15, 0.2) is 72.8 Å². The van der Waals surface area contributed by atoms with Gasteiger partial charge in [0.1, 0.15) is 0 Å². The van der Waals surface area contributed by atoms with E-state index in [-0.39, 0.29) is 30.0 Å². The number of carbonyl (C=O) groups excluding carboxylic acids is 1. The summed E-state index contributed by atoms with van der Waals surface area (Å²) in [5, 5.41) is 0. The van der Waals surface area contributed by atoms with Crippen molar-refractivity contribution >= 4 is 11.6 Å². The molecule has 0 radical (unpaired) electrons. The predicted octanol–water partition coefficient (Wildman–Crippen LogP) is 7.08.